The Hall–Kier alpha value is -0.870. The van der Waals surface area contributed by atoms with Gasteiger partial charge in [0.05, 0.1) is 10.6 Å². The third-order valence-corrected chi connectivity index (χ3v) is 5.73. The van der Waals surface area contributed by atoms with Gasteiger partial charge in [0.15, 0.2) is 0 Å². The van der Waals surface area contributed by atoms with Crippen LogP contribution >= 0.6 is 11.8 Å². The van der Waals surface area contributed by atoms with Gasteiger partial charge in [-0.1, -0.05) is 6.07 Å². The van der Waals surface area contributed by atoms with Gasteiger partial charge in [-0.05, 0) is 36.8 Å². The van der Waals surface area contributed by atoms with Crippen LogP contribution in [0.4, 0.5) is 11.4 Å². The molecular formula is C14H19N3S. The molecule has 3 aliphatic rings. The van der Waals surface area contributed by atoms with Gasteiger partial charge in [-0.25, -0.2) is 0 Å². The fourth-order valence-electron chi connectivity index (χ4n) is 3.74. The third-order valence-electron chi connectivity index (χ3n) is 4.52. The van der Waals surface area contributed by atoms with E-state index in [2.05, 4.69) is 22.3 Å². The first kappa shape index (κ1) is 11.0. The zero-order valence-electron chi connectivity index (χ0n) is 10.5. The number of nitrogens with zero attached hydrogens (tertiary/aromatic N) is 1. The fourth-order valence-corrected chi connectivity index (χ4v) is 4.82. The van der Waals surface area contributed by atoms with Gasteiger partial charge in [0.2, 0.25) is 0 Å². The highest BCUT2D eigenvalue weighted by atomic mass is 32.2. The van der Waals surface area contributed by atoms with Crippen LogP contribution in [0.3, 0.4) is 0 Å². The van der Waals surface area contributed by atoms with E-state index in [1.165, 1.54) is 41.3 Å². The number of rotatable bonds is 0. The summed E-state index contributed by atoms with van der Waals surface area (Å²) in [4.78, 5) is 4.01. The first-order chi connectivity index (χ1) is 8.86. The first-order valence-corrected chi connectivity index (χ1v) is 7.87. The number of hydrogen-bond acceptors (Lipinski definition) is 4. The van der Waals surface area contributed by atoms with Crippen LogP contribution in [0.2, 0.25) is 0 Å². The number of nitrogen functional groups attached to an aromatic ring is 1. The molecule has 4 rings (SSSR count). The number of anilines is 2. The lowest BCUT2D eigenvalue weighted by atomic mass is 9.90. The molecule has 4 heteroatoms. The minimum atomic E-state index is 0.673. The molecule has 3 aliphatic heterocycles. The van der Waals surface area contributed by atoms with Crippen LogP contribution in [-0.2, 0) is 0 Å². The average Bonchev–Trinajstić information content (AvgIpc) is 2.57. The van der Waals surface area contributed by atoms with Gasteiger partial charge in [-0.2, -0.15) is 0 Å². The van der Waals surface area contributed by atoms with Crippen LogP contribution in [0.15, 0.2) is 17.0 Å². The Labute approximate surface area is 112 Å². The van der Waals surface area contributed by atoms with Gasteiger partial charge in [0.1, 0.15) is 0 Å². The molecule has 1 fully saturated rings. The second-order valence-electron chi connectivity index (χ2n) is 5.48. The summed E-state index contributed by atoms with van der Waals surface area (Å²) in [6.07, 6.45) is 2.54. The number of benzene rings is 1. The summed E-state index contributed by atoms with van der Waals surface area (Å²) in [5.74, 6) is 1.87. The standard InChI is InChI=1S/C14H19N3S/c15-11-3-2-9-10-8-16-5-4-12(10)17-6-1-7-18-14(11)13(9)17/h2-3,10,12,16H,1,4-8,15H2/t10-,12-/m0/s1. The molecule has 3 nitrogen and oxygen atoms in total. The van der Waals surface area contributed by atoms with E-state index in [0.717, 1.165) is 18.8 Å². The van der Waals surface area contributed by atoms with Crippen molar-refractivity contribution in [2.75, 3.05) is 36.0 Å². The Kier molecular flexibility index (Phi) is 2.49. The summed E-state index contributed by atoms with van der Waals surface area (Å²) in [7, 11) is 0. The van der Waals surface area contributed by atoms with Crippen molar-refractivity contribution in [2.45, 2.75) is 29.7 Å². The molecule has 0 radical (unpaired) electrons. The van der Waals surface area contributed by atoms with Crippen LogP contribution in [0.5, 0.6) is 0 Å². The summed E-state index contributed by atoms with van der Waals surface area (Å²) in [5, 5.41) is 3.55. The second kappa shape index (κ2) is 4.07. The van der Waals surface area contributed by atoms with Crippen molar-refractivity contribution in [3.63, 3.8) is 0 Å². The summed E-state index contributed by atoms with van der Waals surface area (Å²) in [6, 6.07) is 5.09. The number of thioether (sulfide) groups is 1. The van der Waals surface area contributed by atoms with E-state index in [4.69, 9.17) is 5.73 Å². The number of nitrogens with two attached hydrogens (primary N) is 1. The van der Waals surface area contributed by atoms with E-state index in [1.807, 2.05) is 11.8 Å². The molecule has 18 heavy (non-hydrogen) atoms. The van der Waals surface area contributed by atoms with E-state index in [1.54, 1.807) is 0 Å². The highest BCUT2D eigenvalue weighted by Crippen LogP contribution is 2.51. The number of fused-ring (bicyclic) bond motifs is 3. The quantitative estimate of drug-likeness (QED) is 0.701. The van der Waals surface area contributed by atoms with Crippen molar-refractivity contribution in [3.05, 3.63) is 17.7 Å². The predicted octanol–water partition coefficient (Wildman–Crippen LogP) is 2.03. The van der Waals surface area contributed by atoms with E-state index >= 15 is 0 Å². The molecule has 0 aliphatic carbocycles. The molecule has 1 aromatic carbocycles. The van der Waals surface area contributed by atoms with Crippen LogP contribution in [0, 0.1) is 0 Å². The SMILES string of the molecule is Nc1ccc2c3c1SCCCN3[C@H]1CCNC[C@@H]21. The van der Waals surface area contributed by atoms with E-state index in [0.29, 0.717) is 12.0 Å². The molecule has 2 atom stereocenters. The smallest absolute Gasteiger partial charge is 0.0564 e. The van der Waals surface area contributed by atoms with Crippen molar-refractivity contribution in [3.8, 4) is 0 Å². The van der Waals surface area contributed by atoms with Crippen molar-refractivity contribution in [1.82, 2.24) is 5.32 Å². The highest BCUT2D eigenvalue weighted by molar-refractivity contribution is 7.99. The first-order valence-electron chi connectivity index (χ1n) is 6.89. The molecule has 3 N–H and O–H groups in total. The minimum absolute atomic E-state index is 0.673. The van der Waals surface area contributed by atoms with Crippen molar-refractivity contribution >= 4 is 23.1 Å². The molecule has 0 amide bonds. The van der Waals surface area contributed by atoms with Crippen molar-refractivity contribution in [2.24, 2.45) is 0 Å². The Morgan fingerprint density at radius 2 is 2.33 bits per heavy atom. The van der Waals surface area contributed by atoms with Crippen LogP contribution in [0.25, 0.3) is 0 Å². The van der Waals surface area contributed by atoms with Crippen LogP contribution in [0.1, 0.15) is 24.3 Å². The molecule has 1 saturated heterocycles. The Morgan fingerprint density at radius 1 is 1.39 bits per heavy atom. The maximum atomic E-state index is 6.20. The monoisotopic (exact) mass is 261 g/mol. The zero-order chi connectivity index (χ0) is 12.1. The molecular weight excluding hydrogens is 242 g/mol. The molecule has 0 bridgehead atoms. The molecule has 0 saturated carbocycles. The average molecular weight is 261 g/mol. The topological polar surface area (TPSA) is 41.3 Å². The Bertz CT molecular complexity index is 488. The van der Waals surface area contributed by atoms with E-state index < -0.39 is 0 Å². The molecule has 1 aromatic rings. The van der Waals surface area contributed by atoms with Crippen molar-refractivity contribution in [1.29, 1.82) is 0 Å². The van der Waals surface area contributed by atoms with Gasteiger partial charge in [-0.3, -0.25) is 0 Å². The lowest BCUT2D eigenvalue weighted by molar-refractivity contribution is 0.403. The number of nitrogens with one attached hydrogen (secondary N) is 1. The maximum Gasteiger partial charge on any atom is 0.0564 e. The molecule has 0 unspecified atom stereocenters. The van der Waals surface area contributed by atoms with E-state index in [-0.39, 0.29) is 0 Å². The van der Waals surface area contributed by atoms with Gasteiger partial charge in [0, 0.05) is 30.7 Å². The Balaban J connectivity index is 1.90. The normalized spacial score (nSPS) is 29.7. The summed E-state index contributed by atoms with van der Waals surface area (Å²) in [5.41, 5.74) is 10.2. The summed E-state index contributed by atoms with van der Waals surface area (Å²) in [6.45, 7) is 3.49. The van der Waals surface area contributed by atoms with Gasteiger partial charge >= 0.3 is 0 Å². The third kappa shape index (κ3) is 1.42. The summed E-state index contributed by atoms with van der Waals surface area (Å²) >= 11 is 1.95. The van der Waals surface area contributed by atoms with Crippen LogP contribution < -0.4 is 16.0 Å². The van der Waals surface area contributed by atoms with Crippen LogP contribution in [-0.4, -0.2) is 31.4 Å². The number of hydrogen-bond donors (Lipinski definition) is 2. The van der Waals surface area contributed by atoms with Gasteiger partial charge in [0.25, 0.3) is 0 Å². The van der Waals surface area contributed by atoms with Crippen molar-refractivity contribution < 1.29 is 0 Å². The lowest BCUT2D eigenvalue weighted by Crippen LogP contribution is -2.44. The maximum absolute atomic E-state index is 6.20. The molecule has 0 aromatic heterocycles. The minimum Gasteiger partial charge on any atom is -0.398 e. The predicted molar refractivity (Wildman–Crippen MR) is 77.6 cm³/mol. The summed E-state index contributed by atoms with van der Waals surface area (Å²) < 4.78 is 0. The van der Waals surface area contributed by atoms with Gasteiger partial charge < -0.3 is 16.0 Å². The Morgan fingerprint density at radius 3 is 3.28 bits per heavy atom. The highest BCUT2D eigenvalue weighted by Gasteiger charge is 2.41. The largest absolute Gasteiger partial charge is 0.398 e. The molecule has 96 valence electrons. The van der Waals surface area contributed by atoms with E-state index in [9.17, 15) is 0 Å². The van der Waals surface area contributed by atoms with Gasteiger partial charge in [-0.15, -0.1) is 11.8 Å². The molecule has 3 heterocycles. The lowest BCUT2D eigenvalue weighted by Gasteiger charge is -2.33. The zero-order valence-corrected chi connectivity index (χ0v) is 11.3. The second-order valence-corrected chi connectivity index (χ2v) is 6.59. The number of piperidine rings is 1. The molecule has 0 spiro atoms. The fraction of sp³-hybridized carbons (Fsp3) is 0.571.